The molecule has 3 aliphatic rings. The molecule has 0 unspecified atom stereocenters. The number of hydrogen-bond acceptors (Lipinski definition) is 5. The van der Waals surface area contributed by atoms with E-state index in [1.165, 1.54) is 22.0 Å². The summed E-state index contributed by atoms with van der Waals surface area (Å²) in [5, 5.41) is 1.95. The van der Waals surface area contributed by atoms with Crippen molar-refractivity contribution in [3.63, 3.8) is 0 Å². The van der Waals surface area contributed by atoms with Gasteiger partial charge in [-0.15, -0.1) is 11.3 Å². The van der Waals surface area contributed by atoms with Crippen molar-refractivity contribution in [2.45, 2.75) is 32.0 Å². The first-order chi connectivity index (χ1) is 12.6. The largest absolute Gasteiger partial charge is 0.338 e. The Labute approximate surface area is 154 Å². The number of hydrogen-bond donors (Lipinski definition) is 0. The minimum atomic E-state index is -0.195. The maximum atomic E-state index is 12.8. The number of rotatable bonds is 4. The Morgan fingerprint density at radius 1 is 1.23 bits per heavy atom. The van der Waals surface area contributed by atoms with Crippen molar-refractivity contribution in [3.05, 3.63) is 51.3 Å². The van der Waals surface area contributed by atoms with Gasteiger partial charge in [-0.3, -0.25) is 14.4 Å². The molecule has 0 N–H and O–H groups in total. The van der Waals surface area contributed by atoms with Gasteiger partial charge >= 0.3 is 0 Å². The molecule has 5 heterocycles. The third-order valence-electron chi connectivity index (χ3n) is 5.17. The van der Waals surface area contributed by atoms with Crippen LogP contribution in [0.25, 0.3) is 0 Å². The Morgan fingerprint density at radius 2 is 2.12 bits per heavy atom. The van der Waals surface area contributed by atoms with Crippen LogP contribution >= 0.6 is 11.3 Å². The molecule has 8 heteroatoms. The summed E-state index contributed by atoms with van der Waals surface area (Å²) in [5.41, 5.74) is 2.47. The van der Waals surface area contributed by atoms with Gasteiger partial charge in [0.2, 0.25) is 11.8 Å². The first-order valence-electron chi connectivity index (χ1n) is 8.72. The molecule has 2 aromatic heterocycles. The molecule has 0 saturated carbocycles. The predicted octanol–water partition coefficient (Wildman–Crippen LogP) is 0.954. The standard InChI is InChI=1S/C18H20N4O3S/c23-16-3-1-2-6-20(16)10-17(24)21-7-13-4-5-15(9-21)22(18(13)25)8-14-11-26-12-19-14/h1-3,6,11-13,15H,4-5,7-10H2/t13-,15+/m0/s1. The number of nitrogens with zero attached hydrogens (tertiary/aromatic N) is 4. The van der Waals surface area contributed by atoms with Gasteiger partial charge in [0.05, 0.1) is 23.7 Å². The van der Waals surface area contributed by atoms with Crippen LogP contribution in [0, 0.1) is 5.92 Å². The summed E-state index contributed by atoms with van der Waals surface area (Å²) in [6.07, 6.45) is 3.33. The molecule has 0 aliphatic carbocycles. The predicted molar refractivity (Wildman–Crippen MR) is 96.5 cm³/mol. The second-order valence-corrected chi connectivity index (χ2v) is 7.56. The van der Waals surface area contributed by atoms with Crippen LogP contribution in [-0.4, -0.2) is 50.3 Å². The number of pyridine rings is 1. The highest BCUT2D eigenvalue weighted by Gasteiger charge is 2.41. The zero-order valence-electron chi connectivity index (χ0n) is 14.3. The van der Waals surface area contributed by atoms with Gasteiger partial charge in [0.25, 0.3) is 5.56 Å². The first-order valence-corrected chi connectivity index (χ1v) is 9.67. The van der Waals surface area contributed by atoms with Gasteiger partial charge in [-0.2, -0.15) is 0 Å². The summed E-state index contributed by atoms with van der Waals surface area (Å²) < 4.78 is 1.41. The summed E-state index contributed by atoms with van der Waals surface area (Å²) in [6, 6.07) is 4.85. The molecule has 3 aliphatic heterocycles. The fourth-order valence-electron chi connectivity index (χ4n) is 3.78. The van der Waals surface area contributed by atoms with Gasteiger partial charge in [0.1, 0.15) is 6.54 Å². The van der Waals surface area contributed by atoms with Crippen molar-refractivity contribution >= 4 is 23.2 Å². The smallest absolute Gasteiger partial charge is 0.250 e. The minimum Gasteiger partial charge on any atom is -0.338 e. The summed E-state index contributed by atoms with van der Waals surface area (Å²) in [7, 11) is 0. The average molecular weight is 372 g/mol. The van der Waals surface area contributed by atoms with Gasteiger partial charge in [-0.05, 0) is 18.9 Å². The fraction of sp³-hybridized carbons (Fsp3) is 0.444. The van der Waals surface area contributed by atoms with Crippen molar-refractivity contribution in [1.82, 2.24) is 19.4 Å². The topological polar surface area (TPSA) is 75.5 Å². The van der Waals surface area contributed by atoms with Crippen LogP contribution in [-0.2, 0) is 22.7 Å². The fourth-order valence-corrected chi connectivity index (χ4v) is 4.33. The molecule has 0 aromatic carbocycles. The van der Waals surface area contributed by atoms with Gasteiger partial charge in [-0.25, -0.2) is 4.98 Å². The highest BCUT2D eigenvalue weighted by Crippen LogP contribution is 2.30. The molecule has 2 bridgehead atoms. The monoisotopic (exact) mass is 372 g/mol. The van der Waals surface area contributed by atoms with Crippen LogP contribution in [0.2, 0.25) is 0 Å². The van der Waals surface area contributed by atoms with Crippen molar-refractivity contribution in [2.75, 3.05) is 13.1 Å². The quantitative estimate of drug-likeness (QED) is 0.801. The van der Waals surface area contributed by atoms with E-state index in [0.29, 0.717) is 19.6 Å². The molecule has 136 valence electrons. The molecule has 2 aromatic rings. The van der Waals surface area contributed by atoms with Crippen molar-refractivity contribution < 1.29 is 9.59 Å². The highest BCUT2D eigenvalue weighted by molar-refractivity contribution is 7.07. The number of piperidine rings is 1. The lowest BCUT2D eigenvalue weighted by Gasteiger charge is -2.35. The number of fused-ring (bicyclic) bond motifs is 4. The Balaban J connectivity index is 1.50. The molecular weight excluding hydrogens is 352 g/mol. The maximum Gasteiger partial charge on any atom is 0.250 e. The SMILES string of the molecule is O=C(Cn1ccccc1=O)N1C[C@@H]2CC[C@H](C1)N(Cc1cscn1)C2=O. The van der Waals surface area contributed by atoms with E-state index in [1.54, 1.807) is 28.7 Å². The van der Waals surface area contributed by atoms with Crippen molar-refractivity contribution in [3.8, 4) is 0 Å². The lowest BCUT2D eigenvalue weighted by atomic mass is 9.94. The van der Waals surface area contributed by atoms with Crippen LogP contribution in [0.5, 0.6) is 0 Å². The van der Waals surface area contributed by atoms with E-state index in [9.17, 15) is 14.4 Å². The summed E-state index contributed by atoms with van der Waals surface area (Å²) >= 11 is 1.52. The molecule has 7 nitrogen and oxygen atoms in total. The zero-order valence-corrected chi connectivity index (χ0v) is 15.1. The number of thiazole rings is 1. The Kier molecular flexibility index (Phi) is 4.58. The van der Waals surface area contributed by atoms with Gasteiger partial charge < -0.3 is 14.4 Å². The van der Waals surface area contributed by atoms with Crippen molar-refractivity contribution in [2.24, 2.45) is 5.92 Å². The first kappa shape index (κ1) is 17.0. The van der Waals surface area contributed by atoms with E-state index in [4.69, 9.17) is 0 Å². The van der Waals surface area contributed by atoms with Crippen LogP contribution in [0.15, 0.2) is 40.1 Å². The van der Waals surface area contributed by atoms with E-state index in [1.807, 2.05) is 10.3 Å². The van der Waals surface area contributed by atoms with Gasteiger partial charge in [-0.1, -0.05) is 6.07 Å². The molecule has 3 fully saturated rings. The second-order valence-electron chi connectivity index (χ2n) is 6.84. The highest BCUT2D eigenvalue weighted by atomic mass is 32.1. The second kappa shape index (κ2) is 7.03. The summed E-state index contributed by atoms with van der Waals surface area (Å²) in [6.45, 7) is 1.47. The molecule has 3 saturated heterocycles. The van der Waals surface area contributed by atoms with E-state index in [2.05, 4.69) is 4.98 Å². The normalized spacial score (nSPS) is 22.5. The molecule has 0 spiro atoms. The molecule has 5 rings (SSSR count). The van der Waals surface area contributed by atoms with E-state index in [-0.39, 0.29) is 35.9 Å². The van der Waals surface area contributed by atoms with E-state index < -0.39 is 0 Å². The summed E-state index contributed by atoms with van der Waals surface area (Å²) in [4.78, 5) is 45.3. The summed E-state index contributed by atoms with van der Waals surface area (Å²) in [5.74, 6) is -0.163. The minimum absolute atomic E-state index is 0.0133. The Hall–Kier alpha value is -2.48. The van der Waals surface area contributed by atoms with Crippen LogP contribution in [0.1, 0.15) is 18.5 Å². The Morgan fingerprint density at radius 3 is 2.88 bits per heavy atom. The third kappa shape index (κ3) is 3.29. The van der Waals surface area contributed by atoms with Gasteiger partial charge in [0.15, 0.2) is 0 Å². The number of carbonyl (C=O) groups excluding carboxylic acids is 2. The molecule has 0 radical (unpaired) electrons. The lowest BCUT2D eigenvalue weighted by Crippen LogP contribution is -2.47. The molecule has 2 amide bonds. The molecular formula is C18H20N4O3S. The lowest BCUT2D eigenvalue weighted by molar-refractivity contribution is -0.140. The third-order valence-corrected chi connectivity index (χ3v) is 5.80. The van der Waals surface area contributed by atoms with Crippen molar-refractivity contribution in [1.29, 1.82) is 0 Å². The van der Waals surface area contributed by atoms with E-state index in [0.717, 1.165) is 18.5 Å². The van der Waals surface area contributed by atoms with Crippen LogP contribution in [0.3, 0.4) is 0 Å². The average Bonchev–Trinajstić information content (AvgIpc) is 2.99. The van der Waals surface area contributed by atoms with Crippen LogP contribution in [0.4, 0.5) is 0 Å². The molecule has 2 atom stereocenters. The number of aromatic nitrogens is 2. The van der Waals surface area contributed by atoms with Gasteiger partial charge in [0, 0.05) is 36.8 Å². The number of carbonyl (C=O) groups is 2. The van der Waals surface area contributed by atoms with E-state index >= 15 is 0 Å². The zero-order chi connectivity index (χ0) is 18.1. The Bertz CT molecular complexity index is 863. The molecule has 26 heavy (non-hydrogen) atoms. The number of amides is 2. The maximum absolute atomic E-state index is 12.8. The van der Waals surface area contributed by atoms with Crippen LogP contribution < -0.4 is 5.56 Å².